The van der Waals surface area contributed by atoms with Gasteiger partial charge < -0.3 is 5.11 Å². The maximum atomic E-state index is 9.48. The summed E-state index contributed by atoms with van der Waals surface area (Å²) in [5.74, 6) is 1.04. The van der Waals surface area contributed by atoms with Gasteiger partial charge in [-0.2, -0.15) is 0 Å². The smallest absolute Gasteiger partial charge is 0.0621 e. The Bertz CT molecular complexity index is 336. The Kier molecular flexibility index (Phi) is 4.19. The zero-order valence-electron chi connectivity index (χ0n) is 9.40. The van der Waals surface area contributed by atoms with Crippen molar-refractivity contribution in [1.82, 2.24) is 4.98 Å². The summed E-state index contributed by atoms with van der Waals surface area (Å²) in [4.78, 5) is 3.98. The van der Waals surface area contributed by atoms with Crippen molar-refractivity contribution in [3.8, 4) is 0 Å². The molecule has 1 aromatic heterocycles. The minimum atomic E-state index is 0.267. The van der Waals surface area contributed by atoms with Gasteiger partial charge in [0.25, 0.3) is 0 Å². The molecule has 1 N–H and O–H groups in total. The van der Waals surface area contributed by atoms with Crippen molar-refractivity contribution in [3.63, 3.8) is 0 Å². The van der Waals surface area contributed by atoms with Crippen LogP contribution in [-0.4, -0.2) is 16.7 Å². The van der Waals surface area contributed by atoms with Crippen molar-refractivity contribution in [1.29, 1.82) is 0 Å². The topological polar surface area (TPSA) is 33.1 Å². The first-order valence-electron chi connectivity index (χ1n) is 6.00. The van der Waals surface area contributed by atoms with Crippen LogP contribution in [0.2, 0.25) is 5.02 Å². The average molecular weight is 240 g/mol. The lowest BCUT2D eigenvalue weighted by Gasteiger charge is -2.21. The Labute approximate surface area is 102 Å². The predicted octanol–water partition coefficient (Wildman–Crippen LogP) is 3.08. The molecule has 88 valence electrons. The molecule has 1 fully saturated rings. The number of halogens is 1. The lowest BCUT2D eigenvalue weighted by Crippen LogP contribution is -2.18. The van der Waals surface area contributed by atoms with Crippen molar-refractivity contribution >= 4 is 11.6 Å². The number of aromatic nitrogens is 1. The molecule has 2 nitrogen and oxygen atoms in total. The zero-order chi connectivity index (χ0) is 11.4. The summed E-state index contributed by atoms with van der Waals surface area (Å²) in [5, 5.41) is 10.2. The molecule has 1 aromatic rings. The quantitative estimate of drug-likeness (QED) is 0.876. The standard InChI is InChI=1S/C13H18ClNO/c14-13-8-15-6-5-11(13)7-12(9-16)10-3-1-2-4-10/h5-6,8,10,12,16H,1-4,7,9H2. The molecule has 0 aromatic carbocycles. The van der Waals surface area contributed by atoms with Gasteiger partial charge in [0.1, 0.15) is 0 Å². The van der Waals surface area contributed by atoms with Crippen LogP contribution in [0.15, 0.2) is 18.5 Å². The molecule has 0 amide bonds. The molecule has 0 bridgehead atoms. The number of rotatable bonds is 4. The third-order valence-corrected chi connectivity index (χ3v) is 3.98. The Morgan fingerprint density at radius 3 is 2.81 bits per heavy atom. The van der Waals surface area contributed by atoms with E-state index in [1.165, 1.54) is 25.7 Å². The molecule has 1 aliphatic carbocycles. The van der Waals surface area contributed by atoms with Gasteiger partial charge in [0.05, 0.1) is 5.02 Å². The van der Waals surface area contributed by atoms with E-state index < -0.39 is 0 Å². The normalized spacial score (nSPS) is 18.9. The van der Waals surface area contributed by atoms with Crippen LogP contribution in [0.5, 0.6) is 0 Å². The molecule has 1 unspecified atom stereocenters. The summed E-state index contributed by atoms with van der Waals surface area (Å²) in [6.07, 6.45) is 9.46. The maximum Gasteiger partial charge on any atom is 0.0621 e. The van der Waals surface area contributed by atoms with Crippen molar-refractivity contribution in [2.24, 2.45) is 11.8 Å². The van der Waals surface area contributed by atoms with E-state index in [4.69, 9.17) is 11.6 Å². The highest BCUT2D eigenvalue weighted by molar-refractivity contribution is 6.31. The van der Waals surface area contributed by atoms with Gasteiger partial charge in [0.15, 0.2) is 0 Å². The molecule has 2 rings (SSSR count). The van der Waals surface area contributed by atoms with E-state index in [-0.39, 0.29) is 6.61 Å². The summed E-state index contributed by atoms with van der Waals surface area (Å²) in [7, 11) is 0. The zero-order valence-corrected chi connectivity index (χ0v) is 10.2. The van der Waals surface area contributed by atoms with E-state index in [0.29, 0.717) is 11.8 Å². The number of hydrogen-bond acceptors (Lipinski definition) is 2. The first kappa shape index (κ1) is 11.9. The Morgan fingerprint density at radius 2 is 2.19 bits per heavy atom. The molecule has 3 heteroatoms. The molecular formula is C13H18ClNO. The lowest BCUT2D eigenvalue weighted by atomic mass is 9.86. The molecular weight excluding hydrogens is 222 g/mol. The van der Waals surface area contributed by atoms with E-state index in [2.05, 4.69) is 4.98 Å². The fourth-order valence-corrected chi connectivity index (χ4v) is 2.86. The number of aliphatic hydroxyl groups is 1. The van der Waals surface area contributed by atoms with E-state index >= 15 is 0 Å². The number of nitrogens with zero attached hydrogens (tertiary/aromatic N) is 1. The first-order valence-corrected chi connectivity index (χ1v) is 6.38. The van der Waals surface area contributed by atoms with Crippen LogP contribution in [0.25, 0.3) is 0 Å². The van der Waals surface area contributed by atoms with Gasteiger partial charge in [-0.3, -0.25) is 4.98 Å². The molecule has 0 spiro atoms. The van der Waals surface area contributed by atoms with Crippen LogP contribution in [0.4, 0.5) is 0 Å². The molecule has 1 aliphatic rings. The van der Waals surface area contributed by atoms with Gasteiger partial charge in [0.2, 0.25) is 0 Å². The van der Waals surface area contributed by atoms with Gasteiger partial charge in [-0.05, 0) is 29.9 Å². The Hall–Kier alpha value is -0.600. The molecule has 0 aliphatic heterocycles. The highest BCUT2D eigenvalue weighted by Gasteiger charge is 2.25. The summed E-state index contributed by atoms with van der Waals surface area (Å²) >= 11 is 6.09. The van der Waals surface area contributed by atoms with Gasteiger partial charge in [-0.1, -0.05) is 37.3 Å². The Balaban J connectivity index is 2.03. The monoisotopic (exact) mass is 239 g/mol. The van der Waals surface area contributed by atoms with Crippen LogP contribution in [-0.2, 0) is 6.42 Å². The maximum absolute atomic E-state index is 9.48. The highest BCUT2D eigenvalue weighted by Crippen LogP contribution is 2.33. The third kappa shape index (κ3) is 2.74. The summed E-state index contributed by atoms with van der Waals surface area (Å²) in [6, 6.07) is 1.96. The minimum Gasteiger partial charge on any atom is -0.396 e. The van der Waals surface area contributed by atoms with E-state index in [1.807, 2.05) is 6.07 Å². The first-order chi connectivity index (χ1) is 7.81. The second-order valence-corrected chi connectivity index (χ2v) is 5.07. The Morgan fingerprint density at radius 1 is 1.44 bits per heavy atom. The van der Waals surface area contributed by atoms with Gasteiger partial charge in [-0.15, -0.1) is 0 Å². The van der Waals surface area contributed by atoms with Gasteiger partial charge >= 0.3 is 0 Å². The van der Waals surface area contributed by atoms with Crippen molar-refractivity contribution in [2.75, 3.05) is 6.61 Å². The molecule has 1 atom stereocenters. The van der Waals surface area contributed by atoms with Crippen molar-refractivity contribution < 1.29 is 5.11 Å². The van der Waals surface area contributed by atoms with Crippen LogP contribution in [0.3, 0.4) is 0 Å². The number of pyridine rings is 1. The number of aliphatic hydroxyl groups excluding tert-OH is 1. The van der Waals surface area contributed by atoms with Crippen LogP contribution < -0.4 is 0 Å². The molecule has 1 heterocycles. The molecule has 0 radical (unpaired) electrons. The second kappa shape index (κ2) is 5.65. The van der Waals surface area contributed by atoms with E-state index in [1.54, 1.807) is 12.4 Å². The predicted molar refractivity (Wildman–Crippen MR) is 65.5 cm³/mol. The second-order valence-electron chi connectivity index (χ2n) is 4.66. The van der Waals surface area contributed by atoms with Crippen LogP contribution >= 0.6 is 11.6 Å². The largest absolute Gasteiger partial charge is 0.396 e. The molecule has 1 saturated carbocycles. The van der Waals surface area contributed by atoms with Crippen molar-refractivity contribution in [3.05, 3.63) is 29.0 Å². The van der Waals surface area contributed by atoms with Gasteiger partial charge in [-0.25, -0.2) is 0 Å². The summed E-state index contributed by atoms with van der Waals surface area (Å²) in [6.45, 7) is 0.267. The third-order valence-electron chi connectivity index (χ3n) is 3.64. The van der Waals surface area contributed by atoms with Crippen LogP contribution in [0.1, 0.15) is 31.2 Å². The van der Waals surface area contributed by atoms with Crippen molar-refractivity contribution in [2.45, 2.75) is 32.1 Å². The van der Waals surface area contributed by atoms with E-state index in [9.17, 15) is 5.11 Å². The highest BCUT2D eigenvalue weighted by atomic mass is 35.5. The SMILES string of the molecule is OCC(Cc1ccncc1Cl)C1CCCC1. The minimum absolute atomic E-state index is 0.267. The number of hydrogen-bond donors (Lipinski definition) is 1. The van der Waals surface area contributed by atoms with Crippen LogP contribution in [0, 0.1) is 11.8 Å². The van der Waals surface area contributed by atoms with Gasteiger partial charge in [0, 0.05) is 19.0 Å². The lowest BCUT2D eigenvalue weighted by molar-refractivity contribution is 0.175. The summed E-state index contributed by atoms with van der Waals surface area (Å²) < 4.78 is 0. The molecule has 0 saturated heterocycles. The van der Waals surface area contributed by atoms with E-state index in [0.717, 1.165) is 17.0 Å². The molecule has 16 heavy (non-hydrogen) atoms. The summed E-state index contributed by atoms with van der Waals surface area (Å²) in [5.41, 5.74) is 1.11. The fraction of sp³-hybridized carbons (Fsp3) is 0.615. The fourth-order valence-electron chi connectivity index (χ4n) is 2.66. The average Bonchev–Trinajstić information content (AvgIpc) is 2.81.